The molecule has 3 aromatic rings. The zero-order valence-corrected chi connectivity index (χ0v) is 15.4. The summed E-state index contributed by atoms with van der Waals surface area (Å²) < 4.78 is 11.3. The Kier molecular flexibility index (Phi) is 5.50. The summed E-state index contributed by atoms with van der Waals surface area (Å²) in [5.41, 5.74) is 8.88. The highest BCUT2D eigenvalue weighted by molar-refractivity contribution is 5.79. The van der Waals surface area contributed by atoms with Gasteiger partial charge in [0, 0.05) is 35.2 Å². The molecule has 28 heavy (non-hydrogen) atoms. The topological polar surface area (TPSA) is 129 Å². The van der Waals surface area contributed by atoms with Crippen molar-refractivity contribution in [3.05, 3.63) is 42.4 Å². The number of rotatable bonds is 6. The fourth-order valence-corrected chi connectivity index (χ4v) is 2.64. The normalized spacial score (nSPS) is 10.3. The molecule has 142 valence electrons. The van der Waals surface area contributed by atoms with Crippen molar-refractivity contribution >= 4 is 11.8 Å². The number of hydrogen-bond donors (Lipinski definition) is 1. The van der Waals surface area contributed by atoms with E-state index >= 15 is 0 Å². The van der Waals surface area contributed by atoms with Gasteiger partial charge in [-0.25, -0.2) is 9.97 Å². The SMILES string of the molecule is COC(=O)CCn1cc(-c2cc(-c3ccc(OC)nc3)nc(N)c2C#N)cn1. The minimum Gasteiger partial charge on any atom is -0.481 e. The summed E-state index contributed by atoms with van der Waals surface area (Å²) in [6.45, 7) is 0.365. The van der Waals surface area contributed by atoms with Crippen LogP contribution in [0.25, 0.3) is 22.4 Å². The summed E-state index contributed by atoms with van der Waals surface area (Å²) in [4.78, 5) is 19.8. The number of nitrogens with zero attached hydrogens (tertiary/aromatic N) is 5. The first-order valence-corrected chi connectivity index (χ1v) is 8.36. The number of esters is 1. The van der Waals surface area contributed by atoms with Crippen LogP contribution < -0.4 is 10.5 Å². The maximum Gasteiger partial charge on any atom is 0.307 e. The fourth-order valence-electron chi connectivity index (χ4n) is 2.64. The van der Waals surface area contributed by atoms with Gasteiger partial charge < -0.3 is 15.2 Å². The molecule has 3 heterocycles. The van der Waals surface area contributed by atoms with Crippen molar-refractivity contribution in [3.63, 3.8) is 0 Å². The molecular formula is C19H18N6O3. The number of nitrogens with two attached hydrogens (primary N) is 1. The van der Waals surface area contributed by atoms with Crippen LogP contribution in [0.2, 0.25) is 0 Å². The molecule has 0 fully saturated rings. The maximum absolute atomic E-state index is 11.3. The molecule has 0 saturated carbocycles. The first kappa shape index (κ1) is 18.8. The zero-order chi connectivity index (χ0) is 20.1. The van der Waals surface area contributed by atoms with Gasteiger partial charge in [0.1, 0.15) is 17.5 Å². The Morgan fingerprint density at radius 3 is 2.75 bits per heavy atom. The van der Waals surface area contributed by atoms with Crippen molar-refractivity contribution in [2.75, 3.05) is 20.0 Å². The predicted molar refractivity (Wildman–Crippen MR) is 101 cm³/mol. The Bertz CT molecular complexity index is 1040. The van der Waals surface area contributed by atoms with E-state index in [0.29, 0.717) is 29.2 Å². The summed E-state index contributed by atoms with van der Waals surface area (Å²) in [6, 6.07) is 7.38. The van der Waals surface area contributed by atoms with Crippen molar-refractivity contribution in [1.29, 1.82) is 5.26 Å². The number of hydrogen-bond acceptors (Lipinski definition) is 8. The van der Waals surface area contributed by atoms with E-state index in [1.807, 2.05) is 6.07 Å². The number of nitrogen functional groups attached to an aromatic ring is 1. The van der Waals surface area contributed by atoms with E-state index in [1.165, 1.54) is 14.2 Å². The van der Waals surface area contributed by atoms with Gasteiger partial charge >= 0.3 is 5.97 Å². The monoisotopic (exact) mass is 378 g/mol. The summed E-state index contributed by atoms with van der Waals surface area (Å²) in [5, 5.41) is 13.8. The molecule has 0 aliphatic carbocycles. The largest absolute Gasteiger partial charge is 0.481 e. The molecule has 0 bridgehead atoms. The van der Waals surface area contributed by atoms with Gasteiger partial charge in [-0.2, -0.15) is 10.4 Å². The molecular weight excluding hydrogens is 360 g/mol. The van der Waals surface area contributed by atoms with Gasteiger partial charge in [-0.1, -0.05) is 0 Å². The van der Waals surface area contributed by atoms with Crippen molar-refractivity contribution in [2.24, 2.45) is 0 Å². The fraction of sp³-hybridized carbons (Fsp3) is 0.211. The van der Waals surface area contributed by atoms with E-state index in [1.54, 1.807) is 35.4 Å². The number of anilines is 1. The van der Waals surface area contributed by atoms with Crippen molar-refractivity contribution < 1.29 is 14.3 Å². The quantitative estimate of drug-likeness (QED) is 0.645. The number of nitriles is 1. The third kappa shape index (κ3) is 3.91. The lowest BCUT2D eigenvalue weighted by atomic mass is 10.0. The van der Waals surface area contributed by atoms with Gasteiger partial charge in [-0.3, -0.25) is 9.48 Å². The molecule has 0 aliphatic heterocycles. The van der Waals surface area contributed by atoms with E-state index in [-0.39, 0.29) is 23.8 Å². The number of aryl methyl sites for hydroxylation is 1. The third-order valence-electron chi connectivity index (χ3n) is 4.12. The van der Waals surface area contributed by atoms with Gasteiger partial charge in [-0.05, 0) is 12.1 Å². The van der Waals surface area contributed by atoms with Crippen molar-refractivity contribution in [2.45, 2.75) is 13.0 Å². The molecule has 0 unspecified atom stereocenters. The molecule has 2 N–H and O–H groups in total. The molecule has 0 spiro atoms. The van der Waals surface area contributed by atoms with Crippen molar-refractivity contribution in [3.8, 4) is 34.3 Å². The van der Waals surface area contributed by atoms with Crippen molar-refractivity contribution in [1.82, 2.24) is 19.7 Å². The lowest BCUT2D eigenvalue weighted by Crippen LogP contribution is -2.07. The van der Waals surface area contributed by atoms with Gasteiger partial charge in [0.05, 0.1) is 39.1 Å². The van der Waals surface area contributed by atoms with Crippen LogP contribution in [0, 0.1) is 11.3 Å². The summed E-state index contributed by atoms with van der Waals surface area (Å²) in [7, 11) is 2.88. The second-order valence-electron chi connectivity index (χ2n) is 5.83. The molecule has 9 heteroatoms. The Morgan fingerprint density at radius 1 is 1.29 bits per heavy atom. The number of ether oxygens (including phenoxy) is 2. The van der Waals surface area contributed by atoms with E-state index in [4.69, 9.17) is 10.5 Å². The second kappa shape index (κ2) is 8.18. The molecule has 3 rings (SSSR count). The number of aromatic nitrogens is 4. The van der Waals surface area contributed by atoms with Crippen LogP contribution in [-0.2, 0) is 16.1 Å². The second-order valence-corrected chi connectivity index (χ2v) is 5.83. The summed E-state index contributed by atoms with van der Waals surface area (Å²) in [5.74, 6) is 0.280. The third-order valence-corrected chi connectivity index (χ3v) is 4.12. The minimum atomic E-state index is -0.322. The van der Waals surface area contributed by atoms with Crippen LogP contribution >= 0.6 is 0 Å². The van der Waals surface area contributed by atoms with Gasteiger partial charge in [0.2, 0.25) is 5.88 Å². The molecule has 0 aliphatic rings. The molecule has 0 atom stereocenters. The van der Waals surface area contributed by atoms with Crippen LogP contribution in [0.15, 0.2) is 36.8 Å². The highest BCUT2D eigenvalue weighted by Gasteiger charge is 2.15. The van der Waals surface area contributed by atoms with Crippen LogP contribution in [-0.4, -0.2) is 39.9 Å². The Hall–Kier alpha value is -3.93. The van der Waals surface area contributed by atoms with Gasteiger partial charge in [-0.15, -0.1) is 0 Å². The molecule has 0 amide bonds. The van der Waals surface area contributed by atoms with Gasteiger partial charge in [0.15, 0.2) is 0 Å². The van der Waals surface area contributed by atoms with Crippen LogP contribution in [0.3, 0.4) is 0 Å². The number of carbonyl (C=O) groups excluding carboxylic acids is 1. The first-order chi connectivity index (χ1) is 13.5. The molecule has 3 aromatic heterocycles. The van der Waals surface area contributed by atoms with E-state index < -0.39 is 0 Å². The summed E-state index contributed by atoms with van der Waals surface area (Å²) >= 11 is 0. The van der Waals surface area contributed by atoms with Crippen LogP contribution in [0.4, 0.5) is 5.82 Å². The first-order valence-electron chi connectivity index (χ1n) is 8.36. The average Bonchev–Trinajstić information content (AvgIpc) is 3.20. The van der Waals surface area contributed by atoms with E-state index in [9.17, 15) is 10.1 Å². The van der Waals surface area contributed by atoms with Gasteiger partial charge in [0.25, 0.3) is 0 Å². The Balaban J connectivity index is 1.98. The standard InChI is InChI=1S/C19H18N6O3/c1-27-17-4-3-12(9-22-17)16-7-14(15(8-20)19(21)24-16)13-10-23-25(11-13)6-5-18(26)28-2/h3-4,7,9-11H,5-6H2,1-2H3,(H2,21,24). The zero-order valence-electron chi connectivity index (χ0n) is 15.4. The van der Waals surface area contributed by atoms with E-state index in [0.717, 1.165) is 5.56 Å². The number of methoxy groups -OCH3 is 2. The highest BCUT2D eigenvalue weighted by atomic mass is 16.5. The minimum absolute atomic E-state index is 0.119. The number of pyridine rings is 2. The molecule has 0 aromatic carbocycles. The summed E-state index contributed by atoms with van der Waals surface area (Å²) in [6.07, 6.45) is 5.18. The lowest BCUT2D eigenvalue weighted by molar-refractivity contribution is -0.140. The molecule has 0 saturated heterocycles. The number of carbonyl (C=O) groups is 1. The van der Waals surface area contributed by atoms with Crippen LogP contribution in [0.5, 0.6) is 5.88 Å². The highest BCUT2D eigenvalue weighted by Crippen LogP contribution is 2.31. The molecule has 9 nitrogen and oxygen atoms in total. The Labute approximate surface area is 161 Å². The lowest BCUT2D eigenvalue weighted by Gasteiger charge is -2.09. The molecule has 0 radical (unpaired) electrons. The Morgan fingerprint density at radius 2 is 2.11 bits per heavy atom. The maximum atomic E-state index is 11.3. The average molecular weight is 378 g/mol. The predicted octanol–water partition coefficient (Wildman–Crippen LogP) is 2.03. The smallest absolute Gasteiger partial charge is 0.307 e. The van der Waals surface area contributed by atoms with E-state index in [2.05, 4.69) is 25.9 Å². The van der Waals surface area contributed by atoms with Crippen LogP contribution in [0.1, 0.15) is 12.0 Å².